The Morgan fingerprint density at radius 3 is 2.20 bits per heavy atom. The van der Waals surface area contributed by atoms with Crippen molar-refractivity contribution in [3.63, 3.8) is 0 Å². The van der Waals surface area contributed by atoms with Crippen LogP contribution in [0.1, 0.15) is 29.4 Å². The predicted molar refractivity (Wildman–Crippen MR) is 80.8 cm³/mol. The molecule has 20 heavy (non-hydrogen) atoms. The Labute approximate surface area is 123 Å². The van der Waals surface area contributed by atoms with Crippen LogP contribution >= 0.6 is 11.6 Å². The third-order valence-corrected chi connectivity index (χ3v) is 4.33. The molecule has 0 aliphatic carbocycles. The Bertz CT molecular complexity index is 511. The maximum Gasteiger partial charge on any atom is 0.123 e. The number of nitrogens with one attached hydrogen (secondary N) is 1. The summed E-state index contributed by atoms with van der Waals surface area (Å²) in [6.07, 6.45) is 1.07. The lowest BCUT2D eigenvalue weighted by Gasteiger charge is -2.33. The highest BCUT2D eigenvalue weighted by Crippen LogP contribution is 2.37. The molecule has 104 valence electrons. The lowest BCUT2D eigenvalue weighted by Crippen LogP contribution is -2.34. The summed E-state index contributed by atoms with van der Waals surface area (Å²) < 4.78 is 13.1. The molecule has 0 radical (unpaired) electrons. The van der Waals surface area contributed by atoms with Crippen LogP contribution in [0.2, 0.25) is 5.02 Å². The molecule has 1 nitrogen and oxygen atoms in total. The highest BCUT2D eigenvalue weighted by Gasteiger charge is 2.27. The van der Waals surface area contributed by atoms with Crippen LogP contribution in [0.3, 0.4) is 0 Å². The fourth-order valence-electron chi connectivity index (χ4n) is 3.03. The van der Waals surface area contributed by atoms with Crippen LogP contribution < -0.4 is 5.32 Å². The zero-order chi connectivity index (χ0) is 13.9. The van der Waals surface area contributed by atoms with Gasteiger partial charge in [0, 0.05) is 17.5 Å². The monoisotopic (exact) mass is 289 g/mol. The second-order valence-corrected chi connectivity index (χ2v) is 5.75. The summed E-state index contributed by atoms with van der Waals surface area (Å²) in [5.41, 5.74) is 2.50. The van der Waals surface area contributed by atoms with E-state index in [1.165, 1.54) is 11.1 Å². The first-order chi connectivity index (χ1) is 9.74. The van der Waals surface area contributed by atoms with Gasteiger partial charge in [-0.25, -0.2) is 4.39 Å². The zero-order valence-corrected chi connectivity index (χ0v) is 11.9. The average Bonchev–Trinajstić information content (AvgIpc) is 2.49. The van der Waals surface area contributed by atoms with Crippen molar-refractivity contribution in [3.8, 4) is 0 Å². The smallest absolute Gasteiger partial charge is 0.123 e. The van der Waals surface area contributed by atoms with Crippen molar-refractivity contribution >= 4 is 11.6 Å². The number of halogens is 2. The van der Waals surface area contributed by atoms with Crippen molar-refractivity contribution in [2.24, 2.45) is 0 Å². The molecule has 1 aliphatic heterocycles. The van der Waals surface area contributed by atoms with Gasteiger partial charge in [0.25, 0.3) is 0 Å². The molecule has 2 unspecified atom stereocenters. The Morgan fingerprint density at radius 2 is 1.50 bits per heavy atom. The summed E-state index contributed by atoms with van der Waals surface area (Å²) in [5.74, 6) is 0.662. The largest absolute Gasteiger partial charge is 0.316 e. The van der Waals surface area contributed by atoms with Crippen LogP contribution in [0.5, 0.6) is 0 Å². The van der Waals surface area contributed by atoms with E-state index in [-0.39, 0.29) is 5.82 Å². The Kier molecular flexibility index (Phi) is 4.04. The molecular weight excluding hydrogens is 273 g/mol. The second-order valence-electron chi connectivity index (χ2n) is 5.31. The molecule has 1 saturated heterocycles. The molecular formula is C17H17ClFN. The van der Waals surface area contributed by atoms with E-state index in [0.717, 1.165) is 24.5 Å². The average molecular weight is 290 g/mol. The molecule has 1 fully saturated rings. The van der Waals surface area contributed by atoms with Crippen molar-refractivity contribution < 1.29 is 4.39 Å². The predicted octanol–water partition coefficient (Wildman–Crippen LogP) is 4.34. The van der Waals surface area contributed by atoms with Gasteiger partial charge in [-0.1, -0.05) is 35.9 Å². The van der Waals surface area contributed by atoms with Crippen LogP contribution in [-0.2, 0) is 0 Å². The minimum atomic E-state index is -0.175. The fourth-order valence-corrected chi connectivity index (χ4v) is 3.15. The molecule has 3 rings (SSSR count). The number of hydrogen-bond donors (Lipinski definition) is 1. The Balaban J connectivity index is 1.90. The summed E-state index contributed by atoms with van der Waals surface area (Å²) in [6.45, 7) is 1.95. The van der Waals surface area contributed by atoms with Crippen molar-refractivity contribution in [1.82, 2.24) is 5.32 Å². The van der Waals surface area contributed by atoms with Crippen LogP contribution in [0.25, 0.3) is 0 Å². The zero-order valence-electron chi connectivity index (χ0n) is 11.2. The number of benzene rings is 2. The van der Waals surface area contributed by atoms with E-state index >= 15 is 0 Å². The van der Waals surface area contributed by atoms with Gasteiger partial charge >= 0.3 is 0 Å². The molecule has 1 heterocycles. The third kappa shape index (κ3) is 2.87. The van der Waals surface area contributed by atoms with Crippen LogP contribution in [-0.4, -0.2) is 13.1 Å². The molecule has 0 bridgehead atoms. The first-order valence-corrected chi connectivity index (χ1v) is 7.33. The summed E-state index contributed by atoms with van der Waals surface area (Å²) in [5, 5.41) is 4.21. The van der Waals surface area contributed by atoms with Crippen LogP contribution in [0.15, 0.2) is 48.5 Å². The molecule has 0 saturated carbocycles. The highest BCUT2D eigenvalue weighted by atomic mass is 35.5. The van der Waals surface area contributed by atoms with E-state index in [9.17, 15) is 4.39 Å². The van der Waals surface area contributed by atoms with E-state index < -0.39 is 0 Å². The minimum absolute atomic E-state index is 0.175. The number of rotatable bonds is 2. The fraction of sp³-hybridized carbons (Fsp3) is 0.294. The standard InChI is InChI=1S/C17H17ClFN/c18-14-5-1-13(2-6-14)17-11-20-10-9-16(17)12-3-7-15(19)8-4-12/h1-8,16-17,20H,9-11H2. The maximum absolute atomic E-state index is 13.1. The molecule has 2 aromatic rings. The number of hydrogen-bond acceptors (Lipinski definition) is 1. The first kappa shape index (κ1) is 13.6. The van der Waals surface area contributed by atoms with Crippen molar-refractivity contribution in [2.75, 3.05) is 13.1 Å². The molecule has 0 amide bonds. The van der Waals surface area contributed by atoms with Gasteiger partial charge in [-0.2, -0.15) is 0 Å². The molecule has 3 heteroatoms. The third-order valence-electron chi connectivity index (χ3n) is 4.08. The Hall–Kier alpha value is -1.38. The SMILES string of the molecule is Fc1ccc(C2CCNCC2c2ccc(Cl)cc2)cc1. The maximum atomic E-state index is 13.1. The van der Waals surface area contributed by atoms with E-state index in [2.05, 4.69) is 17.4 Å². The van der Waals surface area contributed by atoms with Gasteiger partial charge in [0.2, 0.25) is 0 Å². The van der Waals surface area contributed by atoms with E-state index in [1.807, 2.05) is 24.3 Å². The molecule has 0 spiro atoms. The van der Waals surface area contributed by atoms with Gasteiger partial charge in [-0.3, -0.25) is 0 Å². The molecule has 1 aliphatic rings. The summed E-state index contributed by atoms with van der Waals surface area (Å²) >= 11 is 5.96. The van der Waals surface area contributed by atoms with Crippen LogP contribution in [0, 0.1) is 5.82 Å². The van der Waals surface area contributed by atoms with E-state index in [0.29, 0.717) is 11.8 Å². The summed E-state index contributed by atoms with van der Waals surface area (Å²) in [7, 11) is 0. The topological polar surface area (TPSA) is 12.0 Å². The van der Waals surface area contributed by atoms with Crippen LogP contribution in [0.4, 0.5) is 4.39 Å². The van der Waals surface area contributed by atoms with E-state index in [4.69, 9.17) is 11.6 Å². The van der Waals surface area contributed by atoms with Gasteiger partial charge in [0.05, 0.1) is 0 Å². The quantitative estimate of drug-likeness (QED) is 0.867. The minimum Gasteiger partial charge on any atom is -0.316 e. The lowest BCUT2D eigenvalue weighted by molar-refractivity contribution is 0.404. The van der Waals surface area contributed by atoms with Gasteiger partial charge in [0.15, 0.2) is 0 Å². The summed E-state index contributed by atoms with van der Waals surface area (Å²) in [4.78, 5) is 0. The number of piperidine rings is 1. The van der Waals surface area contributed by atoms with Crippen molar-refractivity contribution in [2.45, 2.75) is 18.3 Å². The molecule has 2 atom stereocenters. The Morgan fingerprint density at radius 1 is 0.900 bits per heavy atom. The van der Waals surface area contributed by atoms with Gasteiger partial charge in [-0.05, 0) is 54.3 Å². The molecule has 2 aromatic carbocycles. The first-order valence-electron chi connectivity index (χ1n) is 6.95. The second kappa shape index (κ2) is 5.94. The van der Waals surface area contributed by atoms with Crippen molar-refractivity contribution in [1.29, 1.82) is 0 Å². The lowest BCUT2D eigenvalue weighted by atomic mass is 9.77. The van der Waals surface area contributed by atoms with Gasteiger partial charge < -0.3 is 5.32 Å². The normalized spacial score (nSPS) is 22.7. The van der Waals surface area contributed by atoms with Gasteiger partial charge in [0.1, 0.15) is 5.82 Å². The molecule has 0 aromatic heterocycles. The van der Waals surface area contributed by atoms with Gasteiger partial charge in [-0.15, -0.1) is 0 Å². The van der Waals surface area contributed by atoms with Crippen molar-refractivity contribution in [3.05, 3.63) is 70.5 Å². The highest BCUT2D eigenvalue weighted by molar-refractivity contribution is 6.30. The van der Waals surface area contributed by atoms with E-state index in [1.54, 1.807) is 12.1 Å². The molecule has 1 N–H and O–H groups in total. The summed E-state index contributed by atoms with van der Waals surface area (Å²) in [6, 6.07) is 15.0.